The summed E-state index contributed by atoms with van der Waals surface area (Å²) < 4.78 is 11.0. The van der Waals surface area contributed by atoms with Gasteiger partial charge in [0, 0.05) is 39.3 Å². The lowest BCUT2D eigenvalue weighted by Gasteiger charge is -2.26. The van der Waals surface area contributed by atoms with Crippen LogP contribution >= 0.6 is 0 Å². The van der Waals surface area contributed by atoms with Crippen LogP contribution in [0.15, 0.2) is 54.6 Å². The average Bonchev–Trinajstić information content (AvgIpc) is 2.71. The molecule has 0 bridgehead atoms. The van der Waals surface area contributed by atoms with Crippen molar-refractivity contribution in [2.45, 2.75) is 39.1 Å². The Labute approximate surface area is 175 Å². The van der Waals surface area contributed by atoms with E-state index in [0.717, 1.165) is 32.0 Å². The van der Waals surface area contributed by atoms with E-state index in [1.165, 1.54) is 11.1 Å². The molecule has 0 unspecified atom stereocenters. The highest BCUT2D eigenvalue weighted by Crippen LogP contribution is 2.15. The van der Waals surface area contributed by atoms with E-state index in [-0.39, 0.29) is 6.61 Å². The number of benzene rings is 2. The highest BCUT2D eigenvalue weighted by molar-refractivity contribution is 5.27. The van der Waals surface area contributed by atoms with Gasteiger partial charge in [-0.2, -0.15) is 0 Å². The van der Waals surface area contributed by atoms with E-state index in [0.29, 0.717) is 12.6 Å². The molecular formula is C24H36N2O3. The molecule has 5 heteroatoms. The molecule has 0 aliphatic rings. The molecule has 0 heterocycles. The molecule has 2 aromatic carbocycles. The number of ether oxygens (including phenoxy) is 2. The number of hydrogen-bond acceptors (Lipinski definition) is 5. The number of hydrogen-bond donors (Lipinski definition) is 1. The molecule has 2 rings (SSSR count). The molecule has 5 nitrogen and oxygen atoms in total. The van der Waals surface area contributed by atoms with Crippen molar-refractivity contribution in [3.63, 3.8) is 0 Å². The first-order valence-electron chi connectivity index (χ1n) is 10.3. The Kier molecular flexibility index (Phi) is 10.2. The molecule has 0 amide bonds. The fourth-order valence-corrected chi connectivity index (χ4v) is 3.22. The summed E-state index contributed by atoms with van der Waals surface area (Å²) in [5.74, 6) is 0.784. The number of likely N-dealkylation sites (N-methyl/N-ethyl adjacent to an activating group) is 1. The fourth-order valence-electron chi connectivity index (χ4n) is 3.22. The lowest BCUT2D eigenvalue weighted by molar-refractivity contribution is 0.0744. The summed E-state index contributed by atoms with van der Waals surface area (Å²) in [5.41, 5.74) is 2.48. The van der Waals surface area contributed by atoms with Crippen molar-refractivity contribution < 1.29 is 14.6 Å². The smallest absolute Gasteiger partial charge is 0.119 e. The van der Waals surface area contributed by atoms with Crippen molar-refractivity contribution in [1.29, 1.82) is 0 Å². The maximum atomic E-state index is 10.3. The van der Waals surface area contributed by atoms with Crippen LogP contribution in [-0.2, 0) is 17.8 Å². The van der Waals surface area contributed by atoms with Gasteiger partial charge in [-0.1, -0.05) is 42.5 Å². The summed E-state index contributed by atoms with van der Waals surface area (Å²) in [6, 6.07) is 18.9. The molecule has 0 saturated carbocycles. The average molecular weight is 401 g/mol. The van der Waals surface area contributed by atoms with Gasteiger partial charge in [-0.05, 0) is 44.2 Å². The molecule has 0 aliphatic carbocycles. The molecule has 0 aromatic heterocycles. The van der Waals surface area contributed by atoms with Crippen LogP contribution in [-0.4, -0.2) is 67.5 Å². The van der Waals surface area contributed by atoms with Crippen LogP contribution in [0.2, 0.25) is 0 Å². The van der Waals surface area contributed by atoms with E-state index < -0.39 is 6.10 Å². The third kappa shape index (κ3) is 8.96. The van der Waals surface area contributed by atoms with Gasteiger partial charge in [0.2, 0.25) is 0 Å². The lowest BCUT2D eigenvalue weighted by atomic mass is 10.2. The second kappa shape index (κ2) is 12.6. The first-order chi connectivity index (χ1) is 14.0. The van der Waals surface area contributed by atoms with E-state index in [1.54, 1.807) is 7.11 Å². The molecule has 2 aromatic rings. The van der Waals surface area contributed by atoms with Crippen LogP contribution in [0.25, 0.3) is 0 Å². The van der Waals surface area contributed by atoms with Crippen LogP contribution < -0.4 is 4.74 Å². The van der Waals surface area contributed by atoms with Crippen molar-refractivity contribution in [2.75, 3.05) is 40.5 Å². The Balaban J connectivity index is 1.75. The zero-order chi connectivity index (χ0) is 21.1. The molecule has 0 aliphatic heterocycles. The van der Waals surface area contributed by atoms with Gasteiger partial charge in [0.25, 0.3) is 0 Å². The third-order valence-electron chi connectivity index (χ3n) is 4.88. The zero-order valence-corrected chi connectivity index (χ0v) is 18.3. The van der Waals surface area contributed by atoms with Crippen LogP contribution in [0.3, 0.4) is 0 Å². The molecule has 0 radical (unpaired) electrons. The zero-order valence-electron chi connectivity index (χ0n) is 18.3. The van der Waals surface area contributed by atoms with E-state index in [2.05, 4.69) is 47.9 Å². The lowest BCUT2D eigenvalue weighted by Crippen LogP contribution is -2.33. The van der Waals surface area contributed by atoms with Crippen molar-refractivity contribution in [3.8, 4) is 5.75 Å². The van der Waals surface area contributed by atoms with Gasteiger partial charge in [0.15, 0.2) is 0 Å². The van der Waals surface area contributed by atoms with Gasteiger partial charge in [-0.15, -0.1) is 0 Å². The van der Waals surface area contributed by atoms with Crippen molar-refractivity contribution >= 4 is 0 Å². The molecule has 0 fully saturated rings. The summed E-state index contributed by atoms with van der Waals surface area (Å²) >= 11 is 0. The van der Waals surface area contributed by atoms with Gasteiger partial charge < -0.3 is 14.6 Å². The van der Waals surface area contributed by atoms with Gasteiger partial charge in [-0.25, -0.2) is 0 Å². The summed E-state index contributed by atoms with van der Waals surface area (Å²) in [7, 11) is 3.74. The quantitative estimate of drug-likeness (QED) is 0.558. The van der Waals surface area contributed by atoms with Crippen LogP contribution in [0.5, 0.6) is 5.75 Å². The van der Waals surface area contributed by atoms with Crippen molar-refractivity contribution in [1.82, 2.24) is 9.80 Å². The number of nitrogens with zero attached hydrogens (tertiary/aromatic N) is 2. The predicted molar refractivity (Wildman–Crippen MR) is 118 cm³/mol. The summed E-state index contributed by atoms with van der Waals surface area (Å²) in [6.45, 7) is 8.58. The maximum absolute atomic E-state index is 10.3. The largest absolute Gasteiger partial charge is 0.491 e. The van der Waals surface area contributed by atoms with Gasteiger partial charge in [0.1, 0.15) is 18.5 Å². The highest BCUT2D eigenvalue weighted by atomic mass is 16.5. The van der Waals surface area contributed by atoms with E-state index >= 15 is 0 Å². The third-order valence-corrected chi connectivity index (χ3v) is 4.88. The minimum atomic E-state index is -0.533. The fraction of sp³-hybridized carbons (Fsp3) is 0.500. The second-order valence-corrected chi connectivity index (χ2v) is 7.85. The van der Waals surface area contributed by atoms with Gasteiger partial charge in [0.05, 0.1) is 6.61 Å². The predicted octanol–water partition coefficient (Wildman–Crippen LogP) is 3.42. The van der Waals surface area contributed by atoms with E-state index in [1.807, 2.05) is 37.4 Å². The molecule has 0 spiro atoms. The Morgan fingerprint density at radius 3 is 2.21 bits per heavy atom. The number of methoxy groups -OCH3 is 1. The number of aliphatic hydroxyl groups excluding tert-OH is 1. The number of rotatable bonds is 13. The molecular weight excluding hydrogens is 364 g/mol. The normalized spacial score (nSPS) is 12.7. The van der Waals surface area contributed by atoms with Gasteiger partial charge >= 0.3 is 0 Å². The van der Waals surface area contributed by atoms with Crippen LogP contribution in [0.1, 0.15) is 25.0 Å². The van der Waals surface area contributed by atoms with Crippen LogP contribution in [0, 0.1) is 0 Å². The number of aliphatic hydroxyl groups is 1. The van der Waals surface area contributed by atoms with Crippen molar-refractivity contribution in [3.05, 3.63) is 65.7 Å². The monoisotopic (exact) mass is 400 g/mol. The van der Waals surface area contributed by atoms with Gasteiger partial charge in [-0.3, -0.25) is 9.80 Å². The summed E-state index contributed by atoms with van der Waals surface area (Å²) in [6.07, 6.45) is -0.533. The Morgan fingerprint density at radius 1 is 0.931 bits per heavy atom. The molecule has 1 atom stereocenters. The van der Waals surface area contributed by atoms with E-state index in [9.17, 15) is 5.11 Å². The molecule has 29 heavy (non-hydrogen) atoms. The maximum Gasteiger partial charge on any atom is 0.119 e. The topological polar surface area (TPSA) is 45.2 Å². The SMILES string of the molecule is COCCN(Cc1ccc(OC[C@H](O)CN(C)Cc2ccccc2)cc1)C(C)C. The van der Waals surface area contributed by atoms with Crippen LogP contribution in [0.4, 0.5) is 0 Å². The Bertz CT molecular complexity index is 676. The minimum Gasteiger partial charge on any atom is -0.491 e. The van der Waals surface area contributed by atoms with E-state index in [4.69, 9.17) is 9.47 Å². The standard InChI is InChI=1S/C24H36N2O3/c1-20(2)26(14-15-28-4)17-22-10-12-24(13-11-22)29-19-23(27)18-25(3)16-21-8-6-5-7-9-21/h5-13,20,23,27H,14-19H2,1-4H3/t23-/m1/s1. The molecule has 0 saturated heterocycles. The second-order valence-electron chi connectivity index (χ2n) is 7.85. The first kappa shape index (κ1) is 23.4. The Morgan fingerprint density at radius 2 is 1.59 bits per heavy atom. The highest BCUT2D eigenvalue weighted by Gasteiger charge is 2.11. The van der Waals surface area contributed by atoms with Crippen molar-refractivity contribution in [2.24, 2.45) is 0 Å². The summed E-state index contributed by atoms with van der Waals surface area (Å²) in [4.78, 5) is 4.48. The summed E-state index contributed by atoms with van der Waals surface area (Å²) in [5, 5.41) is 10.3. The molecule has 1 N–H and O–H groups in total. The first-order valence-corrected chi connectivity index (χ1v) is 10.3. The molecule has 160 valence electrons. The minimum absolute atomic E-state index is 0.282. The Hall–Kier alpha value is -1.92.